The number of hydrogen-bond donors (Lipinski definition) is 1. The Morgan fingerprint density at radius 1 is 1.09 bits per heavy atom. The van der Waals surface area contributed by atoms with Crippen LogP contribution in [0.25, 0.3) is 9.53 Å². The van der Waals surface area contributed by atoms with Crippen molar-refractivity contribution in [3.63, 3.8) is 0 Å². The van der Waals surface area contributed by atoms with Crippen molar-refractivity contribution in [2.45, 2.75) is 13.8 Å². The number of thiophene rings is 1. The van der Waals surface area contributed by atoms with Crippen LogP contribution < -0.4 is 10.3 Å². The Hall–Kier alpha value is -3.50. The lowest BCUT2D eigenvalue weighted by Gasteiger charge is -2.11. The number of amides is 1. The number of aromatic nitrogens is 2. The number of fused-ring (bicyclic) bond motifs is 1. The normalized spacial score (nSPS) is 10.9. The summed E-state index contributed by atoms with van der Waals surface area (Å²) in [6.45, 7) is 3.13. The predicted octanol–water partition coefficient (Wildman–Crippen LogP) is 4.27. The first-order valence-corrected chi connectivity index (χ1v) is 11.7. The molecule has 0 aliphatic heterocycles. The molecule has 1 aromatic carbocycles. The van der Waals surface area contributed by atoms with Crippen LogP contribution in [-0.2, 0) is 4.74 Å². The zero-order valence-electron chi connectivity index (χ0n) is 18.5. The molecule has 0 saturated heterocycles. The van der Waals surface area contributed by atoms with Crippen molar-refractivity contribution in [2.75, 3.05) is 31.0 Å². The number of hydrogen-bond acceptors (Lipinski definition) is 8. The van der Waals surface area contributed by atoms with Crippen molar-refractivity contribution in [3.8, 4) is 0 Å². The molecule has 3 heterocycles. The summed E-state index contributed by atoms with van der Waals surface area (Å²) in [6.07, 6.45) is 0. The molecule has 0 saturated carbocycles. The highest BCUT2D eigenvalue weighted by Gasteiger charge is 2.21. The van der Waals surface area contributed by atoms with Crippen molar-refractivity contribution < 1.29 is 19.1 Å². The van der Waals surface area contributed by atoms with Crippen LogP contribution in [-0.4, -0.2) is 48.0 Å². The Balaban J connectivity index is 1.42. The summed E-state index contributed by atoms with van der Waals surface area (Å²) in [7, 11) is 3.82. The van der Waals surface area contributed by atoms with E-state index < -0.39 is 12.6 Å². The maximum absolute atomic E-state index is 12.7. The van der Waals surface area contributed by atoms with E-state index in [-0.39, 0.29) is 11.7 Å². The summed E-state index contributed by atoms with van der Waals surface area (Å²) < 4.78 is 7.73. The summed E-state index contributed by atoms with van der Waals surface area (Å²) in [4.78, 5) is 45.3. The van der Waals surface area contributed by atoms with E-state index in [1.165, 1.54) is 22.7 Å². The smallest absolute Gasteiger partial charge is 0.348 e. The molecule has 1 N–H and O–H groups in total. The van der Waals surface area contributed by atoms with Crippen LogP contribution in [0.15, 0.2) is 42.5 Å². The molecular weight excluding hydrogens is 460 g/mol. The highest BCUT2D eigenvalue weighted by molar-refractivity contribution is 7.29. The lowest BCUT2D eigenvalue weighted by atomic mass is 10.1. The molecule has 0 fully saturated rings. The quantitative estimate of drug-likeness (QED) is 0.312. The van der Waals surface area contributed by atoms with Crippen LogP contribution in [0.2, 0.25) is 0 Å². The summed E-state index contributed by atoms with van der Waals surface area (Å²) in [5.41, 5.74) is 4.94. The van der Waals surface area contributed by atoms with Gasteiger partial charge in [0.25, 0.3) is 5.91 Å². The molecule has 0 aliphatic carbocycles. The van der Waals surface area contributed by atoms with Gasteiger partial charge < -0.3 is 9.64 Å². The van der Waals surface area contributed by atoms with Gasteiger partial charge in [0.15, 0.2) is 11.7 Å². The molecule has 0 atom stereocenters. The Kier molecular flexibility index (Phi) is 6.30. The average molecular weight is 483 g/mol. The number of benzene rings is 1. The molecule has 0 aliphatic rings. The first kappa shape index (κ1) is 22.7. The third kappa shape index (κ3) is 4.67. The Morgan fingerprint density at radius 3 is 2.48 bits per heavy atom. The molecule has 1 amide bonds. The van der Waals surface area contributed by atoms with Crippen LogP contribution in [0, 0.1) is 13.8 Å². The molecule has 0 spiro atoms. The minimum absolute atomic E-state index is 0.286. The van der Waals surface area contributed by atoms with E-state index in [0.717, 1.165) is 14.7 Å². The van der Waals surface area contributed by atoms with Crippen LogP contribution in [0.5, 0.6) is 0 Å². The van der Waals surface area contributed by atoms with Gasteiger partial charge in [0.2, 0.25) is 5.78 Å². The van der Waals surface area contributed by atoms with E-state index in [0.29, 0.717) is 27.4 Å². The van der Waals surface area contributed by atoms with Crippen molar-refractivity contribution in [1.29, 1.82) is 0 Å². The number of Topliss-reactive ketones (excluding diaryl/α,β-unsaturated/α-hetero) is 1. The van der Waals surface area contributed by atoms with E-state index in [1.807, 2.05) is 25.1 Å². The van der Waals surface area contributed by atoms with Gasteiger partial charge in [0.1, 0.15) is 9.71 Å². The van der Waals surface area contributed by atoms with Crippen LogP contribution in [0.1, 0.15) is 41.8 Å². The third-order valence-corrected chi connectivity index (χ3v) is 7.29. The molecule has 8 nitrogen and oxygen atoms in total. The number of nitrogens with zero attached hydrogens (tertiary/aromatic N) is 3. The van der Waals surface area contributed by atoms with Gasteiger partial charge in [-0.3, -0.25) is 19.7 Å². The van der Waals surface area contributed by atoms with Gasteiger partial charge in [0.05, 0.1) is 4.70 Å². The van der Waals surface area contributed by atoms with E-state index in [9.17, 15) is 14.4 Å². The van der Waals surface area contributed by atoms with Crippen molar-refractivity contribution in [3.05, 3.63) is 69.9 Å². The number of esters is 1. The monoisotopic (exact) mass is 482 g/mol. The maximum Gasteiger partial charge on any atom is 0.348 e. The summed E-state index contributed by atoms with van der Waals surface area (Å²) in [5, 5.41) is 0.862. The number of aryl methyl sites for hydroxylation is 1. The summed E-state index contributed by atoms with van der Waals surface area (Å²) in [6, 6.07) is 12.2. The topological polar surface area (TPSA) is 93.5 Å². The fourth-order valence-electron chi connectivity index (χ4n) is 3.27. The van der Waals surface area contributed by atoms with Crippen LogP contribution >= 0.6 is 22.7 Å². The second-order valence-electron chi connectivity index (χ2n) is 7.60. The third-order valence-electron chi connectivity index (χ3n) is 4.98. The number of ketones is 1. The Morgan fingerprint density at radius 2 is 1.82 bits per heavy atom. The number of anilines is 1. The number of thiazole rings is 1. The summed E-state index contributed by atoms with van der Waals surface area (Å²) >= 11 is 2.73. The van der Waals surface area contributed by atoms with E-state index in [2.05, 4.69) is 10.4 Å². The minimum Gasteiger partial charge on any atom is -0.453 e. The number of carbonyl (C=O) groups is 3. The number of carbonyl (C=O) groups excluding carboxylic acids is 3. The standard InChI is InChI=1S/C23H22N4O4S2/c1-13-10-16(14(2)27(13)25-20(29)15-8-6-5-7-9-15)17(28)12-31-22(30)19-11-18-21(32-19)24-23(33-18)26(3)4/h5-11H,12H2,1-4H3,(H,25,29). The number of nitrogens with one attached hydrogen (secondary N) is 1. The SMILES string of the molecule is Cc1cc(C(=O)COC(=O)c2cc3sc(N(C)C)nc3s2)c(C)n1NC(=O)c1ccccc1. The van der Waals surface area contributed by atoms with E-state index >= 15 is 0 Å². The van der Waals surface area contributed by atoms with Gasteiger partial charge in [-0.25, -0.2) is 9.78 Å². The fraction of sp³-hybridized carbons (Fsp3) is 0.217. The first-order valence-electron chi connectivity index (χ1n) is 10.1. The zero-order chi connectivity index (χ0) is 23.7. The van der Waals surface area contributed by atoms with Crippen molar-refractivity contribution >= 4 is 55.0 Å². The lowest BCUT2D eigenvalue weighted by Crippen LogP contribution is -2.25. The van der Waals surface area contributed by atoms with Gasteiger partial charge in [-0.05, 0) is 38.1 Å². The molecule has 0 radical (unpaired) electrons. The van der Waals surface area contributed by atoms with Gasteiger partial charge in [0, 0.05) is 36.6 Å². The van der Waals surface area contributed by atoms with Crippen molar-refractivity contribution in [2.24, 2.45) is 0 Å². The largest absolute Gasteiger partial charge is 0.453 e. The van der Waals surface area contributed by atoms with Gasteiger partial charge in [-0.2, -0.15) is 0 Å². The predicted molar refractivity (Wildman–Crippen MR) is 130 cm³/mol. The summed E-state index contributed by atoms with van der Waals surface area (Å²) in [5.74, 6) is -1.19. The van der Waals surface area contributed by atoms with Crippen LogP contribution in [0.3, 0.4) is 0 Å². The molecule has 4 aromatic rings. The fourth-order valence-corrected chi connectivity index (χ4v) is 5.30. The van der Waals surface area contributed by atoms with E-state index in [4.69, 9.17) is 4.74 Å². The molecule has 3 aromatic heterocycles. The molecule has 4 rings (SSSR count). The lowest BCUT2D eigenvalue weighted by molar-refractivity contribution is 0.0479. The maximum atomic E-state index is 12.7. The van der Waals surface area contributed by atoms with E-state index in [1.54, 1.807) is 54.9 Å². The second-order valence-corrected chi connectivity index (χ2v) is 9.64. The van der Waals surface area contributed by atoms with Gasteiger partial charge in [-0.15, -0.1) is 11.3 Å². The number of ether oxygens (including phenoxy) is 1. The molecule has 33 heavy (non-hydrogen) atoms. The Bertz CT molecular complexity index is 1320. The van der Waals surface area contributed by atoms with Crippen molar-refractivity contribution in [1.82, 2.24) is 9.66 Å². The molecule has 170 valence electrons. The van der Waals surface area contributed by atoms with Gasteiger partial charge >= 0.3 is 5.97 Å². The minimum atomic E-state index is -0.559. The van der Waals surface area contributed by atoms with Gasteiger partial charge in [-0.1, -0.05) is 29.5 Å². The molecular formula is C23H22N4O4S2. The Labute approximate surface area is 198 Å². The highest BCUT2D eigenvalue weighted by atomic mass is 32.1. The molecule has 0 unspecified atom stereocenters. The highest BCUT2D eigenvalue weighted by Crippen LogP contribution is 2.34. The first-order chi connectivity index (χ1) is 15.7. The molecule has 0 bridgehead atoms. The molecule has 10 heteroatoms. The zero-order valence-corrected chi connectivity index (χ0v) is 20.2. The number of rotatable bonds is 7. The van der Waals surface area contributed by atoms with Crippen LogP contribution in [0.4, 0.5) is 5.13 Å². The average Bonchev–Trinajstić information content (AvgIpc) is 3.46. The second kappa shape index (κ2) is 9.16.